The first kappa shape index (κ1) is 15.5. The van der Waals surface area contributed by atoms with Crippen molar-refractivity contribution in [1.82, 2.24) is 9.97 Å². The van der Waals surface area contributed by atoms with Crippen LogP contribution in [0.25, 0.3) is 10.9 Å². The molecular formula is C16H13BrFN3O2. The van der Waals surface area contributed by atoms with Gasteiger partial charge in [-0.1, -0.05) is 0 Å². The van der Waals surface area contributed by atoms with Crippen molar-refractivity contribution < 1.29 is 14.2 Å². The summed E-state index contributed by atoms with van der Waals surface area (Å²) in [6.07, 6.45) is 1.42. The molecule has 23 heavy (non-hydrogen) atoms. The Morgan fingerprint density at radius 2 is 2.04 bits per heavy atom. The van der Waals surface area contributed by atoms with Crippen molar-refractivity contribution in [1.29, 1.82) is 0 Å². The zero-order valence-electron chi connectivity index (χ0n) is 12.4. The Balaban J connectivity index is 2.18. The van der Waals surface area contributed by atoms with Crippen molar-refractivity contribution in [3.63, 3.8) is 0 Å². The number of ether oxygens (including phenoxy) is 1. The van der Waals surface area contributed by atoms with Gasteiger partial charge in [0.05, 0.1) is 22.8 Å². The number of fused-ring (bicyclic) bond motifs is 1. The van der Waals surface area contributed by atoms with Gasteiger partial charge in [-0.25, -0.2) is 14.4 Å². The first-order valence-corrected chi connectivity index (χ1v) is 7.54. The zero-order chi connectivity index (χ0) is 16.6. The number of aromatic nitrogens is 2. The van der Waals surface area contributed by atoms with Crippen molar-refractivity contribution in [2.45, 2.75) is 6.92 Å². The molecule has 0 unspecified atom stereocenters. The number of anilines is 2. The van der Waals surface area contributed by atoms with E-state index < -0.39 is 5.82 Å². The summed E-state index contributed by atoms with van der Waals surface area (Å²) < 4.78 is 19.3. The normalized spacial score (nSPS) is 10.8. The van der Waals surface area contributed by atoms with Gasteiger partial charge in [0.1, 0.15) is 29.5 Å². The van der Waals surface area contributed by atoms with E-state index in [1.165, 1.54) is 18.5 Å². The molecule has 0 amide bonds. The molecule has 1 aromatic heterocycles. The first-order valence-electron chi connectivity index (χ1n) is 6.74. The fourth-order valence-corrected chi connectivity index (χ4v) is 3.12. The smallest absolute Gasteiger partial charge is 0.142 e. The minimum Gasteiger partial charge on any atom is -0.506 e. The Morgan fingerprint density at radius 1 is 1.26 bits per heavy atom. The molecule has 2 aromatic carbocycles. The molecule has 0 saturated carbocycles. The van der Waals surface area contributed by atoms with Crippen LogP contribution in [0.3, 0.4) is 0 Å². The molecular weight excluding hydrogens is 365 g/mol. The molecule has 0 spiro atoms. The first-order chi connectivity index (χ1) is 11.0. The number of methoxy groups -OCH3 is 1. The second kappa shape index (κ2) is 6.00. The number of nitrogens with one attached hydrogen (secondary N) is 1. The van der Waals surface area contributed by atoms with E-state index in [0.717, 1.165) is 21.5 Å². The predicted octanol–water partition coefficient (Wildman–Crippen LogP) is 4.30. The highest BCUT2D eigenvalue weighted by atomic mass is 79.9. The van der Waals surface area contributed by atoms with Crippen LogP contribution in [0.1, 0.15) is 5.56 Å². The molecule has 0 fully saturated rings. The minimum atomic E-state index is -0.512. The standard InChI is InChI=1S/C16H13BrFN3O2/c1-8-14-12(6-10(17)15(8)23-2)19-7-20-16(14)21-11-4-3-9(18)5-13(11)22/h3-7,22H,1-2H3,(H,19,20,21). The van der Waals surface area contributed by atoms with Crippen LogP contribution in [0.15, 0.2) is 35.1 Å². The van der Waals surface area contributed by atoms with Gasteiger partial charge in [0, 0.05) is 17.0 Å². The van der Waals surface area contributed by atoms with Crippen LogP contribution in [0, 0.1) is 12.7 Å². The molecule has 0 radical (unpaired) electrons. The highest BCUT2D eigenvalue weighted by Crippen LogP contribution is 2.38. The molecule has 7 heteroatoms. The largest absolute Gasteiger partial charge is 0.506 e. The van der Waals surface area contributed by atoms with Crippen molar-refractivity contribution in [2.24, 2.45) is 0 Å². The highest BCUT2D eigenvalue weighted by Gasteiger charge is 2.15. The third-order valence-corrected chi connectivity index (χ3v) is 4.08. The van der Waals surface area contributed by atoms with Crippen molar-refractivity contribution >= 4 is 38.3 Å². The van der Waals surface area contributed by atoms with Gasteiger partial charge in [-0.3, -0.25) is 0 Å². The number of rotatable bonds is 3. The van der Waals surface area contributed by atoms with Gasteiger partial charge in [0.15, 0.2) is 0 Å². The molecule has 0 atom stereocenters. The molecule has 5 nitrogen and oxygen atoms in total. The van der Waals surface area contributed by atoms with E-state index in [1.54, 1.807) is 7.11 Å². The lowest BCUT2D eigenvalue weighted by molar-refractivity contribution is 0.410. The summed E-state index contributed by atoms with van der Waals surface area (Å²) in [5.74, 6) is 0.472. The topological polar surface area (TPSA) is 67.3 Å². The minimum absolute atomic E-state index is 0.196. The van der Waals surface area contributed by atoms with Gasteiger partial charge in [-0.15, -0.1) is 0 Å². The van der Waals surface area contributed by atoms with Gasteiger partial charge in [-0.05, 0) is 41.1 Å². The monoisotopic (exact) mass is 377 g/mol. The summed E-state index contributed by atoms with van der Waals surface area (Å²) in [7, 11) is 1.58. The molecule has 0 aliphatic rings. The maximum Gasteiger partial charge on any atom is 0.142 e. The Labute approximate surface area is 140 Å². The fourth-order valence-electron chi connectivity index (χ4n) is 2.44. The number of phenols is 1. The van der Waals surface area contributed by atoms with Crippen LogP contribution in [-0.2, 0) is 0 Å². The van der Waals surface area contributed by atoms with Crippen LogP contribution >= 0.6 is 15.9 Å². The molecule has 2 N–H and O–H groups in total. The zero-order valence-corrected chi connectivity index (χ0v) is 14.0. The van der Waals surface area contributed by atoms with Gasteiger partial charge < -0.3 is 15.2 Å². The number of hydrogen-bond donors (Lipinski definition) is 2. The second-order valence-electron chi connectivity index (χ2n) is 4.92. The lowest BCUT2D eigenvalue weighted by atomic mass is 10.1. The molecule has 118 valence electrons. The lowest BCUT2D eigenvalue weighted by Crippen LogP contribution is -2.00. The van der Waals surface area contributed by atoms with Crippen LogP contribution in [0.4, 0.5) is 15.9 Å². The SMILES string of the molecule is COc1c(Br)cc2ncnc(Nc3ccc(F)cc3O)c2c1C. The maximum atomic E-state index is 13.1. The van der Waals surface area contributed by atoms with Gasteiger partial charge >= 0.3 is 0 Å². The molecule has 0 bridgehead atoms. The molecule has 0 aliphatic carbocycles. The second-order valence-corrected chi connectivity index (χ2v) is 5.77. The van der Waals surface area contributed by atoms with E-state index in [1.807, 2.05) is 13.0 Å². The summed E-state index contributed by atoms with van der Waals surface area (Å²) >= 11 is 3.45. The summed E-state index contributed by atoms with van der Waals surface area (Å²) in [5, 5.41) is 13.6. The summed E-state index contributed by atoms with van der Waals surface area (Å²) in [5.41, 5.74) is 1.92. The Bertz CT molecular complexity index is 902. The van der Waals surface area contributed by atoms with Gasteiger partial charge in [0.2, 0.25) is 0 Å². The summed E-state index contributed by atoms with van der Waals surface area (Å²) in [4.78, 5) is 8.49. The average Bonchev–Trinajstić information content (AvgIpc) is 2.50. The molecule has 0 saturated heterocycles. The number of aromatic hydroxyl groups is 1. The van der Waals surface area contributed by atoms with Gasteiger partial charge in [-0.2, -0.15) is 0 Å². The van der Waals surface area contributed by atoms with E-state index in [0.29, 0.717) is 22.8 Å². The van der Waals surface area contributed by atoms with E-state index in [2.05, 4.69) is 31.2 Å². The average molecular weight is 378 g/mol. The summed E-state index contributed by atoms with van der Waals surface area (Å²) in [6, 6.07) is 5.58. The Hall–Kier alpha value is -2.41. The summed E-state index contributed by atoms with van der Waals surface area (Å²) in [6.45, 7) is 1.89. The molecule has 1 heterocycles. The van der Waals surface area contributed by atoms with Crippen LogP contribution in [-0.4, -0.2) is 22.2 Å². The van der Waals surface area contributed by atoms with Gasteiger partial charge in [0.25, 0.3) is 0 Å². The van der Waals surface area contributed by atoms with Crippen LogP contribution in [0.5, 0.6) is 11.5 Å². The van der Waals surface area contributed by atoms with E-state index in [-0.39, 0.29) is 5.75 Å². The lowest BCUT2D eigenvalue weighted by Gasteiger charge is -2.14. The third-order valence-electron chi connectivity index (χ3n) is 3.49. The number of phenolic OH excluding ortho intramolecular Hbond substituents is 1. The Kier molecular flexibility index (Phi) is 4.04. The van der Waals surface area contributed by atoms with Crippen molar-refractivity contribution in [3.05, 3.63) is 46.4 Å². The van der Waals surface area contributed by atoms with Crippen molar-refractivity contribution in [3.8, 4) is 11.5 Å². The third kappa shape index (κ3) is 2.79. The highest BCUT2D eigenvalue weighted by molar-refractivity contribution is 9.10. The van der Waals surface area contributed by atoms with Crippen LogP contribution in [0.2, 0.25) is 0 Å². The number of hydrogen-bond acceptors (Lipinski definition) is 5. The van der Waals surface area contributed by atoms with Crippen molar-refractivity contribution in [2.75, 3.05) is 12.4 Å². The number of nitrogens with zero attached hydrogens (tertiary/aromatic N) is 2. The molecule has 3 rings (SSSR count). The number of benzene rings is 2. The Morgan fingerprint density at radius 3 is 2.74 bits per heavy atom. The fraction of sp³-hybridized carbons (Fsp3) is 0.125. The predicted molar refractivity (Wildman–Crippen MR) is 89.9 cm³/mol. The van der Waals surface area contributed by atoms with Crippen LogP contribution < -0.4 is 10.1 Å². The maximum absolute atomic E-state index is 13.1. The number of halogens is 2. The van der Waals surface area contributed by atoms with E-state index >= 15 is 0 Å². The molecule has 3 aromatic rings. The quantitative estimate of drug-likeness (QED) is 0.666. The van der Waals surface area contributed by atoms with E-state index in [9.17, 15) is 9.50 Å². The van der Waals surface area contributed by atoms with E-state index in [4.69, 9.17) is 4.74 Å². The molecule has 0 aliphatic heterocycles. The number of aryl methyl sites for hydroxylation is 1.